The Bertz CT molecular complexity index is 415. The van der Waals surface area contributed by atoms with E-state index < -0.39 is 0 Å². The minimum atomic E-state index is -0.156. The number of esters is 1. The van der Waals surface area contributed by atoms with E-state index in [-0.39, 0.29) is 5.97 Å². The van der Waals surface area contributed by atoms with Crippen LogP contribution in [0.1, 0.15) is 130 Å². The molecule has 0 heterocycles. The first-order valence-electron chi connectivity index (χ1n) is 12.6. The van der Waals surface area contributed by atoms with Crippen molar-refractivity contribution in [2.24, 2.45) is 0 Å². The minimum absolute atomic E-state index is 0.156. The van der Waals surface area contributed by atoms with Gasteiger partial charge in [0.1, 0.15) is 0 Å². The van der Waals surface area contributed by atoms with Crippen molar-refractivity contribution in [3.63, 3.8) is 0 Å². The fourth-order valence-corrected chi connectivity index (χ4v) is 3.96. The Morgan fingerprint density at radius 1 is 0.655 bits per heavy atom. The third kappa shape index (κ3) is 16.5. The van der Waals surface area contributed by atoms with E-state index >= 15 is 0 Å². The zero-order valence-corrected chi connectivity index (χ0v) is 20.5. The first kappa shape index (κ1) is 28.0. The summed E-state index contributed by atoms with van der Waals surface area (Å²) < 4.78 is 5.43. The van der Waals surface area contributed by atoms with Crippen LogP contribution in [0.15, 0.2) is 11.3 Å². The van der Waals surface area contributed by atoms with Gasteiger partial charge in [-0.15, -0.1) is 0 Å². The normalized spacial score (nSPS) is 12.0. The van der Waals surface area contributed by atoms with Gasteiger partial charge in [0, 0.05) is 19.8 Å². The molecule has 0 amide bonds. The second-order valence-electron chi connectivity index (χ2n) is 8.76. The molecule has 3 nitrogen and oxygen atoms in total. The summed E-state index contributed by atoms with van der Waals surface area (Å²) in [6.07, 6.45) is 22.6. The lowest BCUT2D eigenvalue weighted by atomic mass is 10.0. The molecule has 0 aromatic carbocycles. The Hall–Kier alpha value is -0.990. The van der Waals surface area contributed by atoms with Gasteiger partial charge in [-0.3, -0.25) is 0 Å². The van der Waals surface area contributed by atoms with Crippen molar-refractivity contribution in [2.45, 2.75) is 130 Å². The third-order valence-electron chi connectivity index (χ3n) is 5.84. The van der Waals surface area contributed by atoms with E-state index in [1.165, 1.54) is 96.3 Å². The molecule has 0 aliphatic rings. The molecule has 29 heavy (non-hydrogen) atoms. The molecular formula is C26H51NO2. The number of nitrogens with zero attached hydrogens (tertiary/aromatic N) is 1. The molecule has 172 valence electrons. The molecule has 3 heteroatoms. The monoisotopic (exact) mass is 409 g/mol. The highest BCUT2D eigenvalue weighted by atomic mass is 16.5. The van der Waals surface area contributed by atoms with Gasteiger partial charge in [-0.25, -0.2) is 4.79 Å². The summed E-state index contributed by atoms with van der Waals surface area (Å²) in [6.45, 7) is 6.78. The van der Waals surface area contributed by atoms with Gasteiger partial charge in [0.25, 0.3) is 0 Å². The number of ether oxygens (including phenoxy) is 1. The van der Waals surface area contributed by atoms with Crippen LogP contribution in [-0.4, -0.2) is 31.6 Å². The molecule has 0 N–H and O–H groups in total. The van der Waals surface area contributed by atoms with Gasteiger partial charge in [0.2, 0.25) is 0 Å². The molecule has 0 aliphatic carbocycles. The highest BCUT2D eigenvalue weighted by molar-refractivity contribution is 5.88. The lowest BCUT2D eigenvalue weighted by Crippen LogP contribution is -2.17. The number of carbonyl (C=O) groups is 1. The number of allylic oxidation sites excluding steroid dienone is 1. The molecule has 0 saturated heterocycles. The Balaban J connectivity index is 3.41. The van der Waals surface area contributed by atoms with E-state index in [0.717, 1.165) is 24.1 Å². The van der Waals surface area contributed by atoms with Crippen molar-refractivity contribution in [3.05, 3.63) is 11.3 Å². The largest absolute Gasteiger partial charge is 0.462 e. The molecule has 0 aliphatic heterocycles. The van der Waals surface area contributed by atoms with Gasteiger partial charge in [0.05, 0.1) is 12.2 Å². The summed E-state index contributed by atoms with van der Waals surface area (Å²) >= 11 is 0. The molecule has 0 rings (SSSR count). The quantitative estimate of drug-likeness (QED) is 0.116. The van der Waals surface area contributed by atoms with Crippen molar-refractivity contribution in [1.82, 2.24) is 4.90 Å². The van der Waals surface area contributed by atoms with Crippen LogP contribution in [0.2, 0.25) is 0 Å². The molecule has 0 spiro atoms. The van der Waals surface area contributed by atoms with E-state index in [1.54, 1.807) is 0 Å². The standard InChI is InChI=1S/C26H51NO2/c1-6-8-9-10-11-12-13-14-15-16-17-18-19-20-21-22-23-29-26(28)24(3)25(7-2)27(4)5/h6-23H2,1-5H3. The van der Waals surface area contributed by atoms with Gasteiger partial charge in [-0.1, -0.05) is 110 Å². The Kier molecular flexibility index (Phi) is 19.6. The zero-order chi connectivity index (χ0) is 21.7. The van der Waals surface area contributed by atoms with Crippen molar-refractivity contribution >= 4 is 5.97 Å². The van der Waals surface area contributed by atoms with Crippen molar-refractivity contribution in [2.75, 3.05) is 20.7 Å². The predicted octanol–water partition coefficient (Wildman–Crippen LogP) is 8.04. The smallest absolute Gasteiger partial charge is 0.335 e. The molecule has 0 fully saturated rings. The number of rotatable bonds is 20. The van der Waals surface area contributed by atoms with E-state index in [9.17, 15) is 4.79 Å². The van der Waals surface area contributed by atoms with Gasteiger partial charge in [-0.2, -0.15) is 0 Å². The number of hydrogen-bond donors (Lipinski definition) is 0. The average Bonchev–Trinajstić information content (AvgIpc) is 2.70. The molecule has 0 bridgehead atoms. The Morgan fingerprint density at radius 2 is 1.03 bits per heavy atom. The Morgan fingerprint density at radius 3 is 1.38 bits per heavy atom. The fourth-order valence-electron chi connectivity index (χ4n) is 3.96. The van der Waals surface area contributed by atoms with Crippen molar-refractivity contribution in [3.8, 4) is 0 Å². The molecule has 0 saturated carbocycles. The highest BCUT2D eigenvalue weighted by Gasteiger charge is 2.12. The van der Waals surface area contributed by atoms with Gasteiger partial charge in [0.15, 0.2) is 0 Å². The van der Waals surface area contributed by atoms with Crippen molar-refractivity contribution in [1.29, 1.82) is 0 Å². The summed E-state index contributed by atoms with van der Waals surface area (Å²) in [7, 11) is 3.95. The number of unbranched alkanes of at least 4 members (excludes halogenated alkanes) is 15. The van der Waals surface area contributed by atoms with E-state index in [4.69, 9.17) is 4.74 Å². The van der Waals surface area contributed by atoms with Crippen LogP contribution < -0.4 is 0 Å². The van der Waals surface area contributed by atoms with Crippen LogP contribution in [0.3, 0.4) is 0 Å². The third-order valence-corrected chi connectivity index (χ3v) is 5.84. The van der Waals surface area contributed by atoms with Crippen LogP contribution in [-0.2, 0) is 9.53 Å². The molecule has 0 unspecified atom stereocenters. The lowest BCUT2D eigenvalue weighted by molar-refractivity contribution is -0.139. The second-order valence-corrected chi connectivity index (χ2v) is 8.76. The van der Waals surface area contributed by atoms with Gasteiger partial charge < -0.3 is 9.64 Å². The summed E-state index contributed by atoms with van der Waals surface area (Å²) in [6, 6.07) is 0. The van der Waals surface area contributed by atoms with E-state index in [0.29, 0.717) is 6.61 Å². The van der Waals surface area contributed by atoms with Crippen LogP contribution in [0.5, 0.6) is 0 Å². The van der Waals surface area contributed by atoms with Crippen LogP contribution in [0.4, 0.5) is 0 Å². The first-order valence-corrected chi connectivity index (χ1v) is 12.6. The second kappa shape index (κ2) is 20.3. The van der Waals surface area contributed by atoms with Crippen LogP contribution in [0.25, 0.3) is 0 Å². The molecular weight excluding hydrogens is 358 g/mol. The highest BCUT2D eigenvalue weighted by Crippen LogP contribution is 2.15. The van der Waals surface area contributed by atoms with Gasteiger partial charge in [-0.05, 0) is 19.8 Å². The molecule has 0 atom stereocenters. The van der Waals surface area contributed by atoms with E-state index in [2.05, 4.69) is 13.8 Å². The lowest BCUT2D eigenvalue weighted by Gasteiger charge is -2.18. The summed E-state index contributed by atoms with van der Waals surface area (Å²) in [5, 5.41) is 0. The van der Waals surface area contributed by atoms with Crippen LogP contribution in [0, 0.1) is 0 Å². The maximum atomic E-state index is 12.1. The average molecular weight is 410 g/mol. The topological polar surface area (TPSA) is 29.5 Å². The first-order chi connectivity index (χ1) is 14.0. The molecule has 0 aromatic heterocycles. The Labute approximate surface area is 182 Å². The number of carbonyl (C=O) groups excluding carboxylic acids is 1. The zero-order valence-electron chi connectivity index (χ0n) is 20.5. The maximum Gasteiger partial charge on any atom is 0.335 e. The van der Waals surface area contributed by atoms with E-state index in [1.807, 2.05) is 25.9 Å². The van der Waals surface area contributed by atoms with Crippen LogP contribution >= 0.6 is 0 Å². The molecule has 0 radical (unpaired) electrons. The SMILES string of the molecule is CCCCCCCCCCCCCCCCCCOC(=O)C(C)=C(CC)N(C)C. The summed E-state index contributed by atoms with van der Waals surface area (Å²) in [5.41, 5.74) is 1.80. The summed E-state index contributed by atoms with van der Waals surface area (Å²) in [4.78, 5) is 14.1. The summed E-state index contributed by atoms with van der Waals surface area (Å²) in [5.74, 6) is -0.156. The number of hydrogen-bond acceptors (Lipinski definition) is 3. The minimum Gasteiger partial charge on any atom is -0.462 e. The maximum absolute atomic E-state index is 12.1. The molecule has 0 aromatic rings. The predicted molar refractivity (Wildman–Crippen MR) is 127 cm³/mol. The fraction of sp³-hybridized carbons (Fsp3) is 0.885. The van der Waals surface area contributed by atoms with Gasteiger partial charge >= 0.3 is 5.97 Å². The van der Waals surface area contributed by atoms with Crippen molar-refractivity contribution < 1.29 is 9.53 Å².